The summed E-state index contributed by atoms with van der Waals surface area (Å²) < 4.78 is 5.93. The molecular weight excluding hydrogens is 330 g/mol. The molecule has 0 saturated carbocycles. The predicted molar refractivity (Wildman–Crippen MR) is 86.1 cm³/mol. The Balaban J connectivity index is 2.05. The minimum atomic E-state index is 0.223. The summed E-state index contributed by atoms with van der Waals surface area (Å²) in [4.78, 5) is 9.18. The lowest BCUT2D eigenvalue weighted by Crippen LogP contribution is -2.16. The Kier molecular flexibility index (Phi) is 4.22. The van der Waals surface area contributed by atoms with Gasteiger partial charge in [0.1, 0.15) is 11.6 Å². The second-order valence-electron chi connectivity index (χ2n) is 5.30. The fraction of sp³-hybridized carbons (Fsp3) is 0.375. The zero-order valence-electron chi connectivity index (χ0n) is 12.0. The molecule has 0 saturated heterocycles. The highest BCUT2D eigenvalue weighted by molar-refractivity contribution is 9.10. The summed E-state index contributed by atoms with van der Waals surface area (Å²) in [5.74, 6) is 1.51. The molecule has 0 aliphatic heterocycles. The lowest BCUT2D eigenvalue weighted by Gasteiger charge is -2.25. The van der Waals surface area contributed by atoms with E-state index in [1.807, 2.05) is 0 Å². The molecule has 1 aromatic carbocycles. The SMILES string of the molecule is COCc1nc(C2CCCc3ccccc32)nc(N)c1Br. The van der Waals surface area contributed by atoms with Crippen molar-refractivity contribution in [3.63, 3.8) is 0 Å². The van der Waals surface area contributed by atoms with Crippen molar-refractivity contribution in [1.82, 2.24) is 9.97 Å². The molecule has 1 unspecified atom stereocenters. The number of ether oxygens (including phenoxy) is 1. The van der Waals surface area contributed by atoms with Gasteiger partial charge in [0.15, 0.2) is 0 Å². The Bertz CT molecular complexity index is 660. The molecule has 0 bridgehead atoms. The Morgan fingerprint density at radius 3 is 2.95 bits per heavy atom. The number of nitrogens with zero attached hydrogens (tertiary/aromatic N) is 2. The molecule has 0 spiro atoms. The molecule has 1 heterocycles. The lowest BCUT2D eigenvalue weighted by atomic mass is 9.82. The van der Waals surface area contributed by atoms with Gasteiger partial charge in [0.05, 0.1) is 16.8 Å². The van der Waals surface area contributed by atoms with E-state index in [1.54, 1.807) is 7.11 Å². The number of hydrogen-bond donors (Lipinski definition) is 1. The quantitative estimate of drug-likeness (QED) is 0.923. The number of fused-ring (bicyclic) bond motifs is 1. The maximum Gasteiger partial charge on any atom is 0.141 e. The van der Waals surface area contributed by atoms with Gasteiger partial charge in [0.2, 0.25) is 0 Å². The van der Waals surface area contributed by atoms with Crippen LogP contribution in [-0.4, -0.2) is 17.1 Å². The number of anilines is 1. The van der Waals surface area contributed by atoms with Gasteiger partial charge >= 0.3 is 0 Å². The molecule has 1 aromatic heterocycles. The van der Waals surface area contributed by atoms with Crippen LogP contribution in [0.1, 0.15) is 41.4 Å². The zero-order chi connectivity index (χ0) is 14.8. The van der Waals surface area contributed by atoms with Crippen LogP contribution >= 0.6 is 15.9 Å². The molecular formula is C16H18BrN3O. The van der Waals surface area contributed by atoms with E-state index in [0.29, 0.717) is 12.4 Å². The maximum atomic E-state index is 6.02. The molecule has 1 aliphatic rings. The Morgan fingerprint density at radius 2 is 2.14 bits per heavy atom. The number of aryl methyl sites for hydroxylation is 1. The largest absolute Gasteiger partial charge is 0.383 e. The van der Waals surface area contributed by atoms with Gasteiger partial charge in [0.25, 0.3) is 0 Å². The standard InChI is InChI=1S/C16H18BrN3O/c1-21-9-13-14(17)15(18)20-16(19-13)12-8-4-6-10-5-2-3-7-11(10)12/h2-3,5,7,12H,4,6,8-9H2,1H3,(H2,18,19,20). The molecule has 4 nitrogen and oxygen atoms in total. The molecule has 0 fully saturated rings. The van der Waals surface area contributed by atoms with E-state index < -0.39 is 0 Å². The second-order valence-corrected chi connectivity index (χ2v) is 6.10. The van der Waals surface area contributed by atoms with Crippen LogP contribution < -0.4 is 5.73 Å². The molecule has 1 aliphatic carbocycles. The lowest BCUT2D eigenvalue weighted by molar-refractivity contribution is 0.180. The minimum Gasteiger partial charge on any atom is -0.383 e. The normalized spacial score (nSPS) is 17.5. The third-order valence-electron chi connectivity index (χ3n) is 3.92. The first-order valence-corrected chi connectivity index (χ1v) is 7.88. The van der Waals surface area contributed by atoms with Crippen molar-refractivity contribution < 1.29 is 4.74 Å². The number of halogens is 1. The van der Waals surface area contributed by atoms with Crippen LogP contribution in [0.2, 0.25) is 0 Å². The second kappa shape index (κ2) is 6.12. The summed E-state index contributed by atoms with van der Waals surface area (Å²) in [7, 11) is 1.65. The smallest absolute Gasteiger partial charge is 0.141 e. The topological polar surface area (TPSA) is 61.0 Å². The van der Waals surface area contributed by atoms with Gasteiger partial charge in [-0.05, 0) is 46.3 Å². The average Bonchev–Trinajstić information content (AvgIpc) is 2.51. The van der Waals surface area contributed by atoms with Gasteiger partial charge in [-0.2, -0.15) is 0 Å². The minimum absolute atomic E-state index is 0.223. The van der Waals surface area contributed by atoms with Crippen LogP contribution in [0.15, 0.2) is 28.7 Å². The number of nitrogens with two attached hydrogens (primary N) is 1. The van der Waals surface area contributed by atoms with Crippen LogP contribution in [-0.2, 0) is 17.8 Å². The van der Waals surface area contributed by atoms with Crippen LogP contribution in [0.4, 0.5) is 5.82 Å². The van der Waals surface area contributed by atoms with Crippen molar-refractivity contribution in [3.05, 3.63) is 51.4 Å². The summed E-state index contributed by atoms with van der Waals surface area (Å²) in [6.07, 6.45) is 3.34. The van der Waals surface area contributed by atoms with Crippen LogP contribution in [0, 0.1) is 0 Å². The molecule has 2 aromatic rings. The van der Waals surface area contributed by atoms with E-state index in [4.69, 9.17) is 10.5 Å². The first-order chi connectivity index (χ1) is 10.2. The number of aromatic nitrogens is 2. The number of benzene rings is 1. The summed E-state index contributed by atoms with van der Waals surface area (Å²) in [5.41, 5.74) is 9.56. The highest BCUT2D eigenvalue weighted by atomic mass is 79.9. The number of nitrogen functional groups attached to an aromatic ring is 1. The number of hydrogen-bond acceptors (Lipinski definition) is 4. The van der Waals surface area contributed by atoms with Crippen molar-refractivity contribution in [2.24, 2.45) is 0 Å². The van der Waals surface area contributed by atoms with Gasteiger partial charge < -0.3 is 10.5 Å². The van der Waals surface area contributed by atoms with Crippen molar-refractivity contribution in [1.29, 1.82) is 0 Å². The van der Waals surface area contributed by atoms with Crippen LogP contribution in [0.3, 0.4) is 0 Å². The first kappa shape index (κ1) is 14.5. The van der Waals surface area contributed by atoms with Gasteiger partial charge in [-0.25, -0.2) is 9.97 Å². The maximum absolute atomic E-state index is 6.02. The van der Waals surface area contributed by atoms with E-state index in [1.165, 1.54) is 11.1 Å². The molecule has 1 atom stereocenters. The third-order valence-corrected chi connectivity index (χ3v) is 4.79. The molecule has 0 amide bonds. The molecule has 0 radical (unpaired) electrons. The molecule has 110 valence electrons. The first-order valence-electron chi connectivity index (χ1n) is 7.09. The monoisotopic (exact) mass is 347 g/mol. The third kappa shape index (κ3) is 2.80. The highest BCUT2D eigenvalue weighted by Crippen LogP contribution is 2.36. The van der Waals surface area contributed by atoms with E-state index in [2.05, 4.69) is 50.2 Å². The highest BCUT2D eigenvalue weighted by Gasteiger charge is 2.25. The van der Waals surface area contributed by atoms with E-state index >= 15 is 0 Å². The van der Waals surface area contributed by atoms with Gasteiger partial charge in [0, 0.05) is 13.0 Å². The summed E-state index contributed by atoms with van der Waals surface area (Å²) in [6, 6.07) is 8.54. The van der Waals surface area contributed by atoms with Crippen molar-refractivity contribution in [2.75, 3.05) is 12.8 Å². The zero-order valence-corrected chi connectivity index (χ0v) is 13.6. The Morgan fingerprint density at radius 1 is 1.33 bits per heavy atom. The van der Waals surface area contributed by atoms with Crippen molar-refractivity contribution >= 4 is 21.7 Å². The van der Waals surface area contributed by atoms with E-state index in [0.717, 1.165) is 35.3 Å². The Labute approximate surface area is 132 Å². The predicted octanol–water partition coefficient (Wildman–Crippen LogP) is 3.44. The van der Waals surface area contributed by atoms with Gasteiger partial charge in [-0.15, -0.1) is 0 Å². The van der Waals surface area contributed by atoms with Crippen LogP contribution in [0.5, 0.6) is 0 Å². The van der Waals surface area contributed by atoms with Gasteiger partial charge in [-0.1, -0.05) is 24.3 Å². The number of rotatable bonds is 3. The summed E-state index contributed by atoms with van der Waals surface area (Å²) >= 11 is 3.44. The van der Waals surface area contributed by atoms with Crippen molar-refractivity contribution in [2.45, 2.75) is 31.8 Å². The molecule has 21 heavy (non-hydrogen) atoms. The van der Waals surface area contributed by atoms with Crippen molar-refractivity contribution in [3.8, 4) is 0 Å². The Hall–Kier alpha value is -1.46. The number of methoxy groups -OCH3 is 1. The molecule has 5 heteroatoms. The fourth-order valence-electron chi connectivity index (χ4n) is 2.94. The van der Waals surface area contributed by atoms with E-state index in [9.17, 15) is 0 Å². The molecule has 3 rings (SSSR count). The van der Waals surface area contributed by atoms with Crippen LogP contribution in [0.25, 0.3) is 0 Å². The average molecular weight is 348 g/mol. The van der Waals surface area contributed by atoms with Gasteiger partial charge in [-0.3, -0.25) is 0 Å². The van der Waals surface area contributed by atoms with E-state index in [-0.39, 0.29) is 5.92 Å². The summed E-state index contributed by atoms with van der Waals surface area (Å²) in [6.45, 7) is 0.425. The fourth-order valence-corrected chi connectivity index (χ4v) is 3.23. The molecule has 2 N–H and O–H groups in total. The summed E-state index contributed by atoms with van der Waals surface area (Å²) in [5, 5.41) is 0.